The fourth-order valence-corrected chi connectivity index (χ4v) is 10.00. The highest BCUT2D eigenvalue weighted by Crippen LogP contribution is 2.43. The number of rotatable bonds is 11. The van der Waals surface area contributed by atoms with Gasteiger partial charge in [0.25, 0.3) is 8.32 Å². The molecule has 0 bridgehead atoms. The Hall–Kier alpha value is -2.56. The summed E-state index contributed by atoms with van der Waals surface area (Å²) < 4.78 is 18.8. The number of methoxy groups -OCH3 is 2. The van der Waals surface area contributed by atoms with E-state index in [2.05, 4.69) is 29.8 Å². The van der Waals surface area contributed by atoms with Gasteiger partial charge in [-0.2, -0.15) is 0 Å². The Morgan fingerprint density at radius 2 is 1.62 bits per heavy atom. The van der Waals surface area contributed by atoms with E-state index in [1.807, 2.05) is 60.7 Å². The minimum atomic E-state index is -3.16. The lowest BCUT2D eigenvalue weighted by atomic mass is 9.85. The third kappa shape index (κ3) is 5.69. The average Bonchev–Trinajstić information content (AvgIpc) is 2.94. The van der Waals surface area contributed by atoms with E-state index in [0.29, 0.717) is 29.4 Å². The van der Waals surface area contributed by atoms with Gasteiger partial charge in [0.1, 0.15) is 12.9 Å². The van der Waals surface area contributed by atoms with Crippen LogP contribution >= 0.6 is 15.9 Å². The molecule has 1 aromatic heterocycles. The maximum atomic E-state index is 13.4. The van der Waals surface area contributed by atoms with Gasteiger partial charge >= 0.3 is 0 Å². The van der Waals surface area contributed by atoms with Crippen LogP contribution in [0.5, 0.6) is 5.75 Å². The van der Waals surface area contributed by atoms with Crippen molar-refractivity contribution in [2.75, 3.05) is 21.0 Å². The fraction of sp³-hybridized carbons (Fsp3) is 0.400. The van der Waals surface area contributed by atoms with Crippen LogP contribution in [0.2, 0.25) is 5.04 Å². The molecule has 2 atom stereocenters. The van der Waals surface area contributed by atoms with E-state index in [-0.39, 0.29) is 30.3 Å². The Bertz CT molecular complexity index is 1310. The van der Waals surface area contributed by atoms with Gasteiger partial charge in [0.15, 0.2) is 11.5 Å². The molecule has 39 heavy (non-hydrogen) atoms. The zero-order chi connectivity index (χ0) is 28.2. The summed E-state index contributed by atoms with van der Waals surface area (Å²) in [5.41, 5.74) is 0.261. The van der Waals surface area contributed by atoms with Gasteiger partial charge in [0.05, 0.1) is 29.7 Å². The Labute approximate surface area is 239 Å². The number of benzene rings is 2. The normalized spacial score (nSPS) is 17.6. The predicted octanol–water partition coefficient (Wildman–Crippen LogP) is 4.18. The molecule has 0 fully saturated rings. The first kappa shape index (κ1) is 29.4. The molecule has 0 spiro atoms. The van der Waals surface area contributed by atoms with Crippen LogP contribution < -0.4 is 20.5 Å². The molecule has 1 N–H and O–H groups in total. The molecule has 208 valence electrons. The van der Waals surface area contributed by atoms with Gasteiger partial charge in [-0.25, -0.2) is 0 Å². The third-order valence-corrected chi connectivity index (χ3v) is 13.0. The number of hydrogen-bond donors (Lipinski definition) is 1. The van der Waals surface area contributed by atoms with Crippen molar-refractivity contribution in [1.82, 2.24) is 4.57 Å². The number of hydrogen-bond acceptors (Lipinski definition) is 6. The number of halogens is 1. The smallest absolute Gasteiger partial charge is 0.258 e. The highest BCUT2D eigenvalue weighted by atomic mass is 79.9. The number of carbonyl (C=O) groups excluding carboxylic acids is 1. The topological polar surface area (TPSA) is 87.0 Å². The summed E-state index contributed by atoms with van der Waals surface area (Å²) in [6.45, 7) is 4.34. The van der Waals surface area contributed by atoms with Gasteiger partial charge in [0.2, 0.25) is 5.43 Å². The zero-order valence-electron chi connectivity index (χ0n) is 22.9. The van der Waals surface area contributed by atoms with Crippen molar-refractivity contribution < 1.29 is 23.8 Å². The Balaban J connectivity index is 1.63. The molecule has 1 aliphatic rings. The Morgan fingerprint density at radius 1 is 1.03 bits per heavy atom. The van der Waals surface area contributed by atoms with Crippen molar-refractivity contribution in [1.29, 1.82) is 0 Å². The van der Waals surface area contributed by atoms with Gasteiger partial charge in [-0.05, 0) is 44.2 Å². The lowest BCUT2D eigenvalue weighted by Gasteiger charge is -2.42. The monoisotopic (exact) mass is 613 g/mol. The van der Waals surface area contributed by atoms with E-state index >= 15 is 0 Å². The second kappa shape index (κ2) is 12.3. The van der Waals surface area contributed by atoms with Crippen LogP contribution in [0.3, 0.4) is 0 Å². The van der Waals surface area contributed by atoms with Crippen LogP contribution in [0.25, 0.3) is 0 Å². The summed E-state index contributed by atoms with van der Waals surface area (Å²) in [5, 5.41) is 1.48. The number of nitrogens with zero attached hydrogens (tertiary/aromatic N) is 1. The van der Waals surface area contributed by atoms with Crippen LogP contribution in [0, 0.1) is 5.92 Å². The molecule has 0 amide bonds. The number of ether oxygens (including phenoxy) is 3. The van der Waals surface area contributed by atoms with Crippen molar-refractivity contribution in [2.45, 2.75) is 50.8 Å². The standard InChI is InChI=1S/C30H36BrNO6Si/c1-30(2,39(35,21-12-7-5-8-13-21)22-14-9-6-10-15-22)17-11-16-23-25(33)19-32-18-24(31)27(34)29(37-4)26(32)28(23)38-20-36-3/h5-10,12-15,18,23,28,35H,11,16-17,19-20H2,1-4H3. The first-order valence-corrected chi connectivity index (χ1v) is 15.8. The quantitative estimate of drug-likeness (QED) is 0.258. The van der Waals surface area contributed by atoms with Gasteiger partial charge in [-0.15, -0.1) is 0 Å². The molecule has 7 nitrogen and oxygen atoms in total. The summed E-state index contributed by atoms with van der Waals surface area (Å²) in [6.07, 6.45) is 2.85. The molecule has 0 saturated carbocycles. The van der Waals surface area contributed by atoms with Crippen LogP contribution in [-0.4, -0.2) is 44.5 Å². The van der Waals surface area contributed by atoms with Crippen LogP contribution in [0.4, 0.5) is 0 Å². The minimum absolute atomic E-state index is 0.0256. The lowest BCUT2D eigenvalue weighted by molar-refractivity contribution is -0.142. The molecule has 2 aromatic carbocycles. The number of fused-ring (bicyclic) bond motifs is 1. The Kier molecular flexibility index (Phi) is 9.28. The predicted molar refractivity (Wildman–Crippen MR) is 157 cm³/mol. The average molecular weight is 615 g/mol. The maximum Gasteiger partial charge on any atom is 0.258 e. The largest absolute Gasteiger partial charge is 0.491 e. The highest BCUT2D eigenvalue weighted by molar-refractivity contribution is 9.10. The van der Waals surface area contributed by atoms with Crippen LogP contribution in [-0.2, 0) is 20.8 Å². The SMILES string of the molecule is COCOC1c2c(OC)c(=O)c(Br)cn2CC(=O)C1CCCC(C)(C)[Si](O)(c1ccccc1)c1ccccc1. The summed E-state index contributed by atoms with van der Waals surface area (Å²) in [7, 11) is -0.195. The summed E-state index contributed by atoms with van der Waals surface area (Å²) in [6, 6.07) is 19.8. The van der Waals surface area contributed by atoms with Gasteiger partial charge in [-0.3, -0.25) is 9.59 Å². The van der Waals surface area contributed by atoms with E-state index < -0.39 is 25.4 Å². The summed E-state index contributed by atoms with van der Waals surface area (Å²) in [4.78, 5) is 38.7. The minimum Gasteiger partial charge on any atom is -0.491 e. The van der Waals surface area contributed by atoms with E-state index in [1.54, 1.807) is 10.8 Å². The van der Waals surface area contributed by atoms with Crippen LogP contribution in [0.15, 0.2) is 76.1 Å². The number of Topliss-reactive ketones (excluding diaryl/α,β-unsaturated/α-hetero) is 1. The molecule has 2 unspecified atom stereocenters. The molecule has 4 rings (SSSR count). The van der Waals surface area contributed by atoms with Gasteiger partial charge in [-0.1, -0.05) is 80.9 Å². The molecule has 0 aliphatic carbocycles. The van der Waals surface area contributed by atoms with Crippen molar-refractivity contribution in [3.8, 4) is 5.75 Å². The van der Waals surface area contributed by atoms with E-state index in [1.165, 1.54) is 14.2 Å². The van der Waals surface area contributed by atoms with E-state index in [4.69, 9.17) is 14.2 Å². The molecule has 2 heterocycles. The van der Waals surface area contributed by atoms with E-state index in [9.17, 15) is 14.4 Å². The second-order valence-corrected chi connectivity index (χ2v) is 15.4. The number of ketones is 1. The molecular weight excluding hydrogens is 578 g/mol. The first-order valence-electron chi connectivity index (χ1n) is 13.1. The molecule has 1 aliphatic heterocycles. The van der Waals surface area contributed by atoms with Gasteiger partial charge < -0.3 is 23.6 Å². The van der Waals surface area contributed by atoms with Crippen molar-refractivity contribution in [3.63, 3.8) is 0 Å². The molecule has 0 saturated heterocycles. The first-order chi connectivity index (χ1) is 18.7. The number of aromatic nitrogens is 1. The summed E-state index contributed by atoms with van der Waals surface area (Å²) in [5.74, 6) is -0.287. The zero-order valence-corrected chi connectivity index (χ0v) is 25.4. The molecule has 3 aromatic rings. The highest BCUT2D eigenvalue weighted by Gasteiger charge is 2.50. The van der Waals surface area contributed by atoms with Crippen molar-refractivity contribution in [2.24, 2.45) is 5.92 Å². The maximum absolute atomic E-state index is 13.4. The molecule has 0 radical (unpaired) electrons. The second-order valence-electron chi connectivity index (χ2n) is 10.6. The number of pyridine rings is 1. The van der Waals surface area contributed by atoms with Crippen molar-refractivity contribution >= 4 is 40.4 Å². The van der Waals surface area contributed by atoms with Crippen molar-refractivity contribution in [3.05, 3.63) is 87.3 Å². The number of carbonyl (C=O) groups is 1. The van der Waals surface area contributed by atoms with Gasteiger partial charge in [0, 0.05) is 13.3 Å². The summed E-state index contributed by atoms with van der Waals surface area (Å²) >= 11 is 3.28. The molecular formula is C30H36BrNO6Si. The van der Waals surface area contributed by atoms with Crippen LogP contribution in [0.1, 0.15) is 44.9 Å². The lowest BCUT2D eigenvalue weighted by Crippen LogP contribution is -2.65. The fourth-order valence-electron chi connectivity index (χ4n) is 5.79. The molecule has 9 heteroatoms. The Morgan fingerprint density at radius 3 is 2.15 bits per heavy atom. The third-order valence-electron chi connectivity index (χ3n) is 7.86. The van der Waals surface area contributed by atoms with E-state index in [0.717, 1.165) is 10.4 Å².